The Morgan fingerprint density at radius 1 is 0.750 bits per heavy atom. The minimum atomic E-state index is 0.317. The lowest BCUT2D eigenvalue weighted by molar-refractivity contribution is 0.0153. The Morgan fingerprint density at radius 2 is 1.32 bits per heavy atom. The lowest BCUT2D eigenvalue weighted by atomic mass is 9.97. The summed E-state index contributed by atoms with van der Waals surface area (Å²) in [7, 11) is 0. The van der Waals surface area contributed by atoms with Crippen LogP contribution in [0, 0.1) is 5.92 Å². The van der Waals surface area contributed by atoms with E-state index in [0.29, 0.717) is 12.7 Å². The molecule has 3 nitrogen and oxygen atoms in total. The summed E-state index contributed by atoms with van der Waals surface area (Å²) in [6.45, 7) is 5.17. The molecule has 0 aromatic heterocycles. The summed E-state index contributed by atoms with van der Waals surface area (Å²) in [4.78, 5) is 0. The van der Waals surface area contributed by atoms with Crippen molar-refractivity contribution >= 4 is 0 Å². The molecule has 1 rings (SSSR count). The van der Waals surface area contributed by atoms with Gasteiger partial charge in [-0.25, -0.2) is 0 Å². The van der Waals surface area contributed by atoms with Crippen molar-refractivity contribution in [3.63, 3.8) is 0 Å². The summed E-state index contributed by atoms with van der Waals surface area (Å²) in [6, 6.07) is 0. The highest BCUT2D eigenvalue weighted by molar-refractivity contribution is 4.73. The van der Waals surface area contributed by atoms with Crippen molar-refractivity contribution in [1.29, 1.82) is 0 Å². The molecular weight excluding hydrogens is 348 g/mol. The van der Waals surface area contributed by atoms with Gasteiger partial charge in [0.1, 0.15) is 0 Å². The molecule has 2 atom stereocenters. The first-order valence-electron chi connectivity index (χ1n) is 12.7. The van der Waals surface area contributed by atoms with Crippen LogP contribution in [0.2, 0.25) is 0 Å². The van der Waals surface area contributed by atoms with E-state index in [2.05, 4.69) is 6.92 Å². The zero-order chi connectivity index (χ0) is 20.1. The molecule has 1 N–H and O–H groups in total. The van der Waals surface area contributed by atoms with Crippen LogP contribution in [-0.4, -0.2) is 37.6 Å². The van der Waals surface area contributed by atoms with Gasteiger partial charge in [-0.3, -0.25) is 0 Å². The molecule has 3 heteroatoms. The van der Waals surface area contributed by atoms with Crippen molar-refractivity contribution in [2.24, 2.45) is 5.92 Å². The van der Waals surface area contributed by atoms with E-state index >= 15 is 0 Å². The van der Waals surface area contributed by atoms with Gasteiger partial charge in [0, 0.05) is 19.8 Å². The smallest absolute Gasteiger partial charge is 0.0812 e. The quantitative estimate of drug-likeness (QED) is 0.210. The Hall–Kier alpha value is -0.120. The van der Waals surface area contributed by atoms with Gasteiger partial charge in [0.25, 0.3) is 0 Å². The Kier molecular flexibility index (Phi) is 18.7. The Morgan fingerprint density at radius 3 is 1.96 bits per heavy atom. The van der Waals surface area contributed by atoms with E-state index in [9.17, 15) is 0 Å². The fourth-order valence-corrected chi connectivity index (χ4v) is 4.26. The van der Waals surface area contributed by atoms with Crippen LogP contribution in [0.15, 0.2) is 0 Å². The molecule has 1 aliphatic heterocycles. The number of rotatable bonds is 21. The maximum absolute atomic E-state index is 8.76. The average Bonchev–Trinajstić information content (AvgIpc) is 3.16. The van der Waals surface area contributed by atoms with Gasteiger partial charge in [0.15, 0.2) is 0 Å². The number of hydrogen-bond donors (Lipinski definition) is 1. The van der Waals surface area contributed by atoms with Gasteiger partial charge in [-0.1, -0.05) is 96.8 Å². The number of aliphatic hydroxyl groups excluding tert-OH is 1. The van der Waals surface area contributed by atoms with Crippen LogP contribution >= 0.6 is 0 Å². The summed E-state index contributed by atoms with van der Waals surface area (Å²) < 4.78 is 11.7. The monoisotopic (exact) mass is 398 g/mol. The van der Waals surface area contributed by atoms with Crippen LogP contribution in [-0.2, 0) is 9.47 Å². The van der Waals surface area contributed by atoms with E-state index in [-0.39, 0.29) is 0 Å². The van der Waals surface area contributed by atoms with Crippen LogP contribution in [0.25, 0.3) is 0 Å². The van der Waals surface area contributed by atoms with Gasteiger partial charge in [-0.15, -0.1) is 0 Å². The highest BCUT2D eigenvalue weighted by atomic mass is 16.5. The molecule has 1 fully saturated rings. The molecule has 0 saturated carbocycles. The molecule has 168 valence electrons. The minimum absolute atomic E-state index is 0.317. The van der Waals surface area contributed by atoms with Crippen molar-refractivity contribution in [2.45, 2.75) is 129 Å². The van der Waals surface area contributed by atoms with Crippen LogP contribution in [0.1, 0.15) is 122 Å². The van der Waals surface area contributed by atoms with Gasteiger partial charge < -0.3 is 14.6 Å². The van der Waals surface area contributed by atoms with E-state index in [1.165, 1.54) is 89.9 Å². The normalized spacial score (nSPS) is 19.5. The summed E-state index contributed by atoms with van der Waals surface area (Å²) in [5.41, 5.74) is 0. The molecular formula is C25H50O3. The van der Waals surface area contributed by atoms with Crippen LogP contribution < -0.4 is 0 Å². The van der Waals surface area contributed by atoms with Crippen molar-refractivity contribution in [2.75, 3.05) is 26.4 Å². The molecule has 0 amide bonds. The van der Waals surface area contributed by atoms with Gasteiger partial charge in [-0.05, 0) is 31.6 Å². The first-order chi connectivity index (χ1) is 13.9. The number of hydrogen-bond acceptors (Lipinski definition) is 3. The van der Waals surface area contributed by atoms with E-state index in [4.69, 9.17) is 14.6 Å². The third-order valence-electron chi connectivity index (χ3n) is 6.13. The second-order valence-corrected chi connectivity index (χ2v) is 8.95. The minimum Gasteiger partial charge on any atom is -0.396 e. The molecule has 2 unspecified atom stereocenters. The fourth-order valence-electron chi connectivity index (χ4n) is 4.26. The van der Waals surface area contributed by atoms with Crippen LogP contribution in [0.3, 0.4) is 0 Å². The first-order valence-corrected chi connectivity index (χ1v) is 12.7. The Bertz CT molecular complexity index is 308. The summed E-state index contributed by atoms with van der Waals surface area (Å²) >= 11 is 0. The van der Waals surface area contributed by atoms with Gasteiger partial charge in [0.2, 0.25) is 0 Å². The maximum Gasteiger partial charge on any atom is 0.0812 e. The summed E-state index contributed by atoms with van der Waals surface area (Å²) in [6.07, 6.45) is 24.3. The summed E-state index contributed by atoms with van der Waals surface area (Å²) in [5, 5.41) is 8.76. The molecule has 0 radical (unpaired) electrons. The largest absolute Gasteiger partial charge is 0.396 e. The van der Waals surface area contributed by atoms with Crippen LogP contribution in [0.4, 0.5) is 0 Å². The fraction of sp³-hybridized carbons (Fsp3) is 1.00. The predicted molar refractivity (Wildman–Crippen MR) is 120 cm³/mol. The Labute approximate surface area is 176 Å². The lowest BCUT2D eigenvalue weighted by Gasteiger charge is -2.10. The number of ether oxygens (including phenoxy) is 2. The average molecular weight is 399 g/mol. The third-order valence-corrected chi connectivity index (χ3v) is 6.13. The highest BCUT2D eigenvalue weighted by Gasteiger charge is 2.24. The molecule has 0 spiro atoms. The molecule has 1 saturated heterocycles. The van der Waals surface area contributed by atoms with E-state index in [1.807, 2.05) is 0 Å². The van der Waals surface area contributed by atoms with Gasteiger partial charge >= 0.3 is 0 Å². The van der Waals surface area contributed by atoms with E-state index in [0.717, 1.165) is 51.4 Å². The standard InChI is InChI=1S/C25H50O3/c1-2-3-4-5-6-7-8-9-10-11-12-15-18-24-21-25(28-22-24)23-27-20-17-14-13-16-19-26/h24-26H,2-23H2,1H3. The van der Waals surface area contributed by atoms with Gasteiger partial charge in [-0.2, -0.15) is 0 Å². The number of unbranched alkanes of at least 4 members (excludes halogenated alkanes) is 14. The molecule has 1 aliphatic rings. The maximum atomic E-state index is 8.76. The molecule has 0 bridgehead atoms. The Balaban J connectivity index is 1.79. The molecule has 0 aliphatic carbocycles. The van der Waals surface area contributed by atoms with E-state index in [1.54, 1.807) is 0 Å². The summed E-state index contributed by atoms with van der Waals surface area (Å²) in [5.74, 6) is 0.765. The highest BCUT2D eigenvalue weighted by Crippen LogP contribution is 2.25. The first kappa shape index (κ1) is 25.9. The second-order valence-electron chi connectivity index (χ2n) is 8.95. The van der Waals surface area contributed by atoms with Gasteiger partial charge in [0.05, 0.1) is 12.7 Å². The third kappa shape index (κ3) is 15.8. The molecule has 0 aromatic carbocycles. The lowest BCUT2D eigenvalue weighted by Crippen LogP contribution is -2.14. The number of aliphatic hydroxyl groups is 1. The van der Waals surface area contributed by atoms with Crippen molar-refractivity contribution < 1.29 is 14.6 Å². The SMILES string of the molecule is CCCCCCCCCCCCCCC1COC(COCCCCCCO)C1. The van der Waals surface area contributed by atoms with Crippen molar-refractivity contribution in [1.82, 2.24) is 0 Å². The zero-order valence-corrected chi connectivity index (χ0v) is 19.0. The van der Waals surface area contributed by atoms with Crippen molar-refractivity contribution in [3.8, 4) is 0 Å². The zero-order valence-electron chi connectivity index (χ0n) is 19.0. The molecule has 1 heterocycles. The van der Waals surface area contributed by atoms with E-state index < -0.39 is 0 Å². The topological polar surface area (TPSA) is 38.7 Å². The molecule has 0 aromatic rings. The van der Waals surface area contributed by atoms with Crippen molar-refractivity contribution in [3.05, 3.63) is 0 Å². The second kappa shape index (κ2) is 20.2. The predicted octanol–water partition coefficient (Wildman–Crippen LogP) is 7.05. The van der Waals surface area contributed by atoms with Crippen LogP contribution in [0.5, 0.6) is 0 Å². The molecule has 28 heavy (non-hydrogen) atoms.